The number of aromatic nitrogens is 1. The van der Waals surface area contributed by atoms with Gasteiger partial charge in [-0.15, -0.1) is 11.3 Å². The Kier molecular flexibility index (Phi) is 6.08. The maximum Gasteiger partial charge on any atom is 0.230 e. The number of hydrogen-bond donors (Lipinski definition) is 1. The molecule has 3 rings (SSSR count). The highest BCUT2D eigenvalue weighted by molar-refractivity contribution is 7.13. The molecule has 0 radical (unpaired) electrons. The van der Waals surface area contributed by atoms with Crippen LogP contribution in [0.15, 0.2) is 47.8 Å². The van der Waals surface area contributed by atoms with Gasteiger partial charge in [0.1, 0.15) is 5.01 Å². The number of thiazole rings is 1. The van der Waals surface area contributed by atoms with Crippen LogP contribution in [0.5, 0.6) is 11.5 Å². The van der Waals surface area contributed by atoms with Gasteiger partial charge in [-0.05, 0) is 24.1 Å². The first-order valence-corrected chi connectivity index (χ1v) is 9.56. The molecule has 0 atom stereocenters. The van der Waals surface area contributed by atoms with Crippen molar-refractivity contribution in [2.45, 2.75) is 19.8 Å². The van der Waals surface area contributed by atoms with Gasteiger partial charge in [0.25, 0.3) is 0 Å². The largest absolute Gasteiger partial charge is 0.493 e. The maximum atomic E-state index is 12.3. The molecule has 140 valence electrons. The number of hydrogen-bond acceptors (Lipinski definition) is 5. The van der Waals surface area contributed by atoms with E-state index in [1.165, 1.54) is 5.56 Å². The Morgan fingerprint density at radius 2 is 1.81 bits per heavy atom. The van der Waals surface area contributed by atoms with Crippen LogP contribution in [0.2, 0.25) is 0 Å². The van der Waals surface area contributed by atoms with Gasteiger partial charge < -0.3 is 14.8 Å². The van der Waals surface area contributed by atoms with Gasteiger partial charge in [-0.3, -0.25) is 4.79 Å². The van der Waals surface area contributed by atoms with E-state index in [1.807, 2.05) is 5.38 Å². The predicted molar refractivity (Wildman–Crippen MR) is 109 cm³/mol. The summed E-state index contributed by atoms with van der Waals surface area (Å²) in [5, 5.41) is 5.72. The predicted octanol–water partition coefficient (Wildman–Crippen LogP) is 4.57. The van der Waals surface area contributed by atoms with Crippen LogP contribution >= 0.6 is 11.3 Å². The van der Waals surface area contributed by atoms with Gasteiger partial charge in [-0.25, -0.2) is 4.98 Å². The fraction of sp³-hybridized carbons (Fsp3) is 0.238. The zero-order valence-electron chi connectivity index (χ0n) is 15.6. The van der Waals surface area contributed by atoms with E-state index < -0.39 is 0 Å². The number of carbonyl (C=O) groups excluding carboxylic acids is 1. The molecule has 5 nitrogen and oxygen atoms in total. The SMILES string of the molecule is CCc1ccc(-c2nc(CC(=O)Nc3ccc(OC)c(OC)c3)cs2)cc1. The normalized spacial score (nSPS) is 10.5. The Labute approximate surface area is 163 Å². The van der Waals surface area contributed by atoms with Crippen molar-refractivity contribution < 1.29 is 14.3 Å². The molecule has 1 aromatic heterocycles. The number of carbonyl (C=O) groups is 1. The lowest BCUT2D eigenvalue weighted by Gasteiger charge is -2.10. The lowest BCUT2D eigenvalue weighted by Crippen LogP contribution is -2.14. The van der Waals surface area contributed by atoms with Crippen LogP contribution < -0.4 is 14.8 Å². The van der Waals surface area contributed by atoms with Crippen molar-refractivity contribution in [3.63, 3.8) is 0 Å². The zero-order valence-corrected chi connectivity index (χ0v) is 16.4. The summed E-state index contributed by atoms with van der Waals surface area (Å²) < 4.78 is 10.5. The fourth-order valence-corrected chi connectivity index (χ4v) is 3.51. The van der Waals surface area contributed by atoms with E-state index in [9.17, 15) is 4.79 Å². The second-order valence-corrected chi connectivity index (χ2v) is 6.85. The zero-order chi connectivity index (χ0) is 19.2. The highest BCUT2D eigenvalue weighted by atomic mass is 32.1. The van der Waals surface area contributed by atoms with Crippen LogP contribution in [0.25, 0.3) is 10.6 Å². The van der Waals surface area contributed by atoms with Crippen molar-refractivity contribution in [3.8, 4) is 22.1 Å². The Morgan fingerprint density at radius 1 is 1.07 bits per heavy atom. The lowest BCUT2D eigenvalue weighted by molar-refractivity contribution is -0.115. The number of methoxy groups -OCH3 is 2. The van der Waals surface area contributed by atoms with Gasteiger partial charge in [-0.1, -0.05) is 31.2 Å². The summed E-state index contributed by atoms with van der Waals surface area (Å²) in [5.74, 6) is 1.07. The number of rotatable bonds is 7. The van der Waals surface area contributed by atoms with Crippen molar-refractivity contribution in [1.82, 2.24) is 4.98 Å². The average molecular weight is 382 g/mol. The number of aryl methyl sites for hydroxylation is 1. The van der Waals surface area contributed by atoms with Crippen molar-refractivity contribution in [2.75, 3.05) is 19.5 Å². The fourth-order valence-electron chi connectivity index (χ4n) is 2.69. The first-order valence-electron chi connectivity index (χ1n) is 8.68. The molecule has 0 aliphatic rings. The summed E-state index contributed by atoms with van der Waals surface area (Å²) >= 11 is 1.55. The second kappa shape index (κ2) is 8.68. The molecule has 0 saturated carbocycles. The number of nitrogens with one attached hydrogen (secondary N) is 1. The van der Waals surface area contributed by atoms with Crippen molar-refractivity contribution >= 4 is 22.9 Å². The van der Waals surface area contributed by atoms with Gasteiger partial charge in [0, 0.05) is 22.7 Å². The van der Waals surface area contributed by atoms with Crippen LogP contribution in [-0.2, 0) is 17.6 Å². The number of amides is 1. The van der Waals surface area contributed by atoms with Crippen LogP contribution in [-0.4, -0.2) is 25.1 Å². The van der Waals surface area contributed by atoms with E-state index in [1.54, 1.807) is 43.8 Å². The van der Waals surface area contributed by atoms with Crippen molar-refractivity contribution in [3.05, 3.63) is 59.1 Å². The third-order valence-electron chi connectivity index (χ3n) is 4.17. The first-order chi connectivity index (χ1) is 13.1. The van der Waals surface area contributed by atoms with Crippen LogP contribution in [0.3, 0.4) is 0 Å². The molecule has 0 spiro atoms. The highest BCUT2D eigenvalue weighted by Gasteiger charge is 2.11. The van der Waals surface area contributed by atoms with Crippen LogP contribution in [0.1, 0.15) is 18.2 Å². The molecule has 0 fully saturated rings. The summed E-state index contributed by atoms with van der Waals surface area (Å²) in [7, 11) is 3.14. The summed E-state index contributed by atoms with van der Waals surface area (Å²) in [6.07, 6.45) is 1.23. The van der Waals surface area contributed by atoms with Crippen molar-refractivity contribution in [2.24, 2.45) is 0 Å². The molecule has 3 aromatic rings. The van der Waals surface area contributed by atoms with E-state index in [0.717, 1.165) is 22.7 Å². The number of anilines is 1. The Bertz CT molecular complexity index is 919. The second-order valence-electron chi connectivity index (χ2n) is 5.99. The van der Waals surface area contributed by atoms with Gasteiger partial charge in [0.2, 0.25) is 5.91 Å². The average Bonchev–Trinajstić information content (AvgIpc) is 3.16. The summed E-state index contributed by atoms with van der Waals surface area (Å²) in [6, 6.07) is 13.6. The number of ether oxygens (including phenoxy) is 2. The van der Waals surface area contributed by atoms with Gasteiger partial charge in [0.05, 0.1) is 26.3 Å². The molecule has 1 amide bonds. The Balaban J connectivity index is 1.65. The molecule has 0 saturated heterocycles. The van der Waals surface area contributed by atoms with Crippen LogP contribution in [0.4, 0.5) is 5.69 Å². The van der Waals surface area contributed by atoms with Gasteiger partial charge in [-0.2, -0.15) is 0 Å². The number of benzene rings is 2. The quantitative estimate of drug-likeness (QED) is 0.650. The minimum absolute atomic E-state index is 0.125. The lowest BCUT2D eigenvalue weighted by atomic mass is 10.1. The maximum absolute atomic E-state index is 12.3. The molecule has 27 heavy (non-hydrogen) atoms. The standard InChI is InChI=1S/C21H22N2O3S/c1-4-14-5-7-15(8-6-14)21-23-17(13-27-21)12-20(24)22-16-9-10-18(25-2)19(11-16)26-3/h5-11,13H,4,12H2,1-3H3,(H,22,24). The topological polar surface area (TPSA) is 60.5 Å². The minimum atomic E-state index is -0.125. The van der Waals surface area contributed by atoms with Crippen molar-refractivity contribution in [1.29, 1.82) is 0 Å². The van der Waals surface area contributed by atoms with E-state index in [0.29, 0.717) is 17.2 Å². The molecular formula is C21H22N2O3S. The third kappa shape index (κ3) is 4.65. The van der Waals surface area contributed by atoms with Gasteiger partial charge in [0.15, 0.2) is 11.5 Å². The first kappa shape index (κ1) is 18.9. The molecule has 1 N–H and O–H groups in total. The van der Waals surface area contributed by atoms with Crippen LogP contribution in [0, 0.1) is 0 Å². The highest BCUT2D eigenvalue weighted by Crippen LogP contribution is 2.30. The molecule has 0 bridgehead atoms. The third-order valence-corrected chi connectivity index (χ3v) is 5.11. The molecule has 0 aliphatic heterocycles. The monoisotopic (exact) mass is 382 g/mol. The molecule has 2 aromatic carbocycles. The summed E-state index contributed by atoms with van der Waals surface area (Å²) in [4.78, 5) is 16.9. The smallest absolute Gasteiger partial charge is 0.230 e. The van der Waals surface area contributed by atoms with E-state index in [4.69, 9.17) is 9.47 Å². The molecule has 1 heterocycles. The Hall–Kier alpha value is -2.86. The molecule has 0 unspecified atom stereocenters. The van der Waals surface area contributed by atoms with E-state index in [-0.39, 0.29) is 12.3 Å². The number of nitrogens with zero attached hydrogens (tertiary/aromatic N) is 1. The van der Waals surface area contributed by atoms with E-state index >= 15 is 0 Å². The van der Waals surface area contributed by atoms with E-state index in [2.05, 4.69) is 41.5 Å². The Morgan fingerprint density at radius 3 is 2.48 bits per heavy atom. The summed E-state index contributed by atoms with van der Waals surface area (Å²) in [6.45, 7) is 2.13. The molecular weight excluding hydrogens is 360 g/mol. The molecule has 0 aliphatic carbocycles. The van der Waals surface area contributed by atoms with Gasteiger partial charge >= 0.3 is 0 Å². The minimum Gasteiger partial charge on any atom is -0.493 e. The molecule has 6 heteroatoms. The summed E-state index contributed by atoms with van der Waals surface area (Å²) in [5.41, 5.74) is 3.78.